The molecule has 0 aliphatic carbocycles. The van der Waals surface area contributed by atoms with Crippen molar-refractivity contribution in [2.24, 2.45) is 0 Å². The average Bonchev–Trinajstić information content (AvgIpc) is 3.84. The van der Waals surface area contributed by atoms with Gasteiger partial charge in [-0.25, -0.2) is 19.0 Å². The number of hydrogen-bond acceptors (Lipinski definition) is 9. The largest absolute Gasteiger partial charge is 0.461 e. The molecule has 11 nitrogen and oxygen atoms in total. The van der Waals surface area contributed by atoms with Gasteiger partial charge < -0.3 is 14.2 Å². The van der Waals surface area contributed by atoms with E-state index in [1.807, 2.05) is 0 Å². The molecule has 2 heterocycles. The van der Waals surface area contributed by atoms with E-state index in [1.165, 1.54) is 60.7 Å². The molecule has 6 rings (SSSR count). The molecule has 2 aromatic heterocycles. The zero-order valence-electron chi connectivity index (χ0n) is 29.7. The summed E-state index contributed by atoms with van der Waals surface area (Å²) in [5.74, 6) is -2.36. The highest BCUT2D eigenvalue weighted by Gasteiger charge is 2.32. The smallest absolute Gasteiger partial charge is 0.416 e. The molecule has 6 aromatic rings. The SMILES string of the molecule is CCOC(=O)c1cc(C(=O)c2ccc(Oc3ccc(C(=O)c4cc(C(=O)OCC)nn4-c4ccc(C(F)(F)F)cc4)cc3)cc2)n(-c2ccc(C(F)(F)F)cc2)n1. The zero-order chi connectivity index (χ0) is 41.1. The number of nitrogens with zero attached hydrogens (tertiary/aromatic N) is 4. The van der Waals surface area contributed by atoms with E-state index in [-0.39, 0.29) is 70.0 Å². The van der Waals surface area contributed by atoms with Gasteiger partial charge in [-0.3, -0.25) is 9.59 Å². The van der Waals surface area contributed by atoms with E-state index in [2.05, 4.69) is 10.2 Å². The number of ether oxygens (including phenoxy) is 3. The lowest BCUT2D eigenvalue weighted by atomic mass is 10.1. The van der Waals surface area contributed by atoms with E-state index >= 15 is 0 Å². The quantitative estimate of drug-likeness (QED) is 0.0679. The van der Waals surface area contributed by atoms with E-state index in [4.69, 9.17) is 14.2 Å². The van der Waals surface area contributed by atoms with E-state index < -0.39 is 47.0 Å². The molecule has 57 heavy (non-hydrogen) atoms. The van der Waals surface area contributed by atoms with Gasteiger partial charge in [0.15, 0.2) is 11.4 Å². The maximum atomic E-state index is 13.6. The van der Waals surface area contributed by atoms with Crippen LogP contribution in [0.1, 0.15) is 78.1 Å². The molecule has 0 bridgehead atoms. The predicted octanol–water partition coefficient (Wildman–Crippen LogP) is 8.70. The van der Waals surface area contributed by atoms with Gasteiger partial charge in [0.2, 0.25) is 11.6 Å². The molecule has 0 amide bonds. The molecule has 17 heteroatoms. The summed E-state index contributed by atoms with van der Waals surface area (Å²) in [7, 11) is 0. The second kappa shape index (κ2) is 16.0. The summed E-state index contributed by atoms with van der Waals surface area (Å²) in [5, 5.41) is 8.25. The Labute approximate surface area is 319 Å². The van der Waals surface area contributed by atoms with Crippen LogP contribution in [-0.2, 0) is 21.8 Å². The van der Waals surface area contributed by atoms with Crippen molar-refractivity contribution in [1.29, 1.82) is 0 Å². The molecule has 0 saturated carbocycles. The average molecular weight is 791 g/mol. The number of aromatic nitrogens is 4. The Morgan fingerprint density at radius 3 is 1.16 bits per heavy atom. The van der Waals surface area contributed by atoms with Crippen LogP contribution in [0, 0.1) is 0 Å². The first-order valence-corrected chi connectivity index (χ1v) is 16.9. The second-order valence-corrected chi connectivity index (χ2v) is 12.0. The van der Waals surface area contributed by atoms with Crippen LogP contribution in [0.15, 0.2) is 109 Å². The summed E-state index contributed by atoms with van der Waals surface area (Å²) < 4.78 is 97.0. The van der Waals surface area contributed by atoms with Gasteiger partial charge in [0.05, 0.1) is 35.7 Å². The highest BCUT2D eigenvalue weighted by Crippen LogP contribution is 2.32. The van der Waals surface area contributed by atoms with Crippen molar-refractivity contribution in [3.63, 3.8) is 0 Å². The van der Waals surface area contributed by atoms with E-state index in [1.54, 1.807) is 13.8 Å². The maximum Gasteiger partial charge on any atom is 0.416 e. The third-order valence-corrected chi connectivity index (χ3v) is 8.20. The molecular weight excluding hydrogens is 762 g/mol. The lowest BCUT2D eigenvalue weighted by molar-refractivity contribution is -0.138. The van der Waals surface area contributed by atoms with Crippen molar-refractivity contribution >= 4 is 23.5 Å². The van der Waals surface area contributed by atoms with Crippen LogP contribution in [0.25, 0.3) is 11.4 Å². The third kappa shape index (κ3) is 8.77. The van der Waals surface area contributed by atoms with Gasteiger partial charge in [0.1, 0.15) is 22.9 Å². The molecule has 0 spiro atoms. The number of carbonyl (C=O) groups excluding carboxylic acids is 4. The van der Waals surface area contributed by atoms with Crippen LogP contribution in [0.4, 0.5) is 26.3 Å². The van der Waals surface area contributed by atoms with Gasteiger partial charge >= 0.3 is 24.3 Å². The van der Waals surface area contributed by atoms with Gasteiger partial charge in [-0.2, -0.15) is 36.5 Å². The fourth-order valence-electron chi connectivity index (χ4n) is 5.45. The van der Waals surface area contributed by atoms with Crippen molar-refractivity contribution in [3.05, 3.63) is 154 Å². The number of ketones is 2. The minimum absolute atomic E-state index is 0.0191. The Balaban J connectivity index is 1.21. The number of benzene rings is 4. The van der Waals surface area contributed by atoms with Crippen molar-refractivity contribution in [2.45, 2.75) is 26.2 Å². The Morgan fingerprint density at radius 1 is 0.526 bits per heavy atom. The second-order valence-electron chi connectivity index (χ2n) is 12.0. The molecule has 0 saturated heterocycles. The predicted molar refractivity (Wildman–Crippen MR) is 189 cm³/mol. The van der Waals surface area contributed by atoms with Gasteiger partial charge in [-0.15, -0.1) is 0 Å². The van der Waals surface area contributed by atoms with Crippen LogP contribution in [0.2, 0.25) is 0 Å². The first-order chi connectivity index (χ1) is 27.1. The zero-order valence-corrected chi connectivity index (χ0v) is 29.7. The number of esters is 2. The van der Waals surface area contributed by atoms with Crippen molar-refractivity contribution in [1.82, 2.24) is 19.6 Å². The van der Waals surface area contributed by atoms with Crippen LogP contribution in [0.3, 0.4) is 0 Å². The van der Waals surface area contributed by atoms with Gasteiger partial charge in [0.25, 0.3) is 0 Å². The maximum absolute atomic E-state index is 13.6. The molecule has 0 atom stereocenters. The number of rotatable bonds is 12. The molecule has 0 aliphatic rings. The summed E-state index contributed by atoms with van der Waals surface area (Å²) in [6.45, 7) is 3.19. The lowest BCUT2D eigenvalue weighted by Crippen LogP contribution is -2.11. The Kier molecular flexibility index (Phi) is 11.1. The molecular formula is C40H28F6N4O7. The monoisotopic (exact) mass is 790 g/mol. The standard InChI is InChI=1S/C40H28F6N4O7/c1-3-55-37(53)31-21-33(49(47-31)27-13-9-25(10-14-27)39(41,42)43)35(51)23-5-17-29(18-6-23)57-30-19-7-24(8-20-30)36(52)34-22-32(38(54)56-4-2)48-50(34)28-15-11-26(12-16-28)40(44,45)46/h5-22H,3-4H2,1-2H3. The van der Waals surface area contributed by atoms with Gasteiger partial charge in [0, 0.05) is 23.3 Å². The summed E-state index contributed by atoms with van der Waals surface area (Å²) in [5.41, 5.74) is -2.11. The van der Waals surface area contributed by atoms with Gasteiger partial charge in [-0.1, -0.05) is 0 Å². The molecule has 0 unspecified atom stereocenters. The molecule has 292 valence electrons. The van der Waals surface area contributed by atoms with Crippen LogP contribution < -0.4 is 4.74 Å². The van der Waals surface area contributed by atoms with E-state index in [9.17, 15) is 45.5 Å². The minimum Gasteiger partial charge on any atom is -0.461 e. The topological polar surface area (TPSA) is 132 Å². The first kappa shape index (κ1) is 39.6. The van der Waals surface area contributed by atoms with Crippen molar-refractivity contribution < 1.29 is 59.7 Å². The van der Waals surface area contributed by atoms with E-state index in [0.717, 1.165) is 57.9 Å². The minimum atomic E-state index is -4.59. The number of alkyl halides is 6. The van der Waals surface area contributed by atoms with Crippen molar-refractivity contribution in [2.75, 3.05) is 13.2 Å². The number of carbonyl (C=O) groups is 4. The summed E-state index contributed by atoms with van der Waals surface area (Å²) >= 11 is 0. The Bertz CT molecular complexity index is 2260. The Hall–Kier alpha value is -7.04. The molecule has 0 fully saturated rings. The highest BCUT2D eigenvalue weighted by molar-refractivity contribution is 6.10. The fourth-order valence-corrected chi connectivity index (χ4v) is 5.45. The molecule has 0 radical (unpaired) electrons. The van der Waals surface area contributed by atoms with Crippen LogP contribution in [-0.4, -0.2) is 56.3 Å². The summed E-state index contributed by atoms with van der Waals surface area (Å²) in [4.78, 5) is 52.2. The van der Waals surface area contributed by atoms with Crippen LogP contribution in [0.5, 0.6) is 11.5 Å². The number of halogens is 6. The normalized spacial score (nSPS) is 11.6. The van der Waals surface area contributed by atoms with E-state index in [0.29, 0.717) is 0 Å². The van der Waals surface area contributed by atoms with Crippen molar-refractivity contribution in [3.8, 4) is 22.9 Å². The first-order valence-electron chi connectivity index (χ1n) is 16.9. The third-order valence-electron chi connectivity index (χ3n) is 8.20. The summed E-state index contributed by atoms with van der Waals surface area (Å²) in [6, 6.07) is 21.7. The fraction of sp³-hybridized carbons (Fsp3) is 0.150. The molecule has 0 N–H and O–H groups in total. The Morgan fingerprint density at radius 2 is 0.860 bits per heavy atom. The molecule has 0 aliphatic heterocycles. The van der Waals surface area contributed by atoms with Gasteiger partial charge in [-0.05, 0) is 111 Å². The lowest BCUT2D eigenvalue weighted by Gasteiger charge is -2.11. The molecule has 4 aromatic carbocycles. The summed E-state index contributed by atoms with van der Waals surface area (Å²) in [6.07, 6.45) is -9.19. The van der Waals surface area contributed by atoms with Crippen LogP contribution >= 0.6 is 0 Å². The highest BCUT2D eigenvalue weighted by atomic mass is 19.4. The number of hydrogen-bond donors (Lipinski definition) is 0.